The molecule has 1 aromatic rings. The Balaban J connectivity index is 1.90. The van der Waals surface area contributed by atoms with E-state index in [0.29, 0.717) is 11.7 Å². The number of nitrogens with zero attached hydrogens (tertiary/aromatic N) is 1. The van der Waals surface area contributed by atoms with Gasteiger partial charge in [-0.1, -0.05) is 26.2 Å². The molecule has 1 heterocycles. The quantitative estimate of drug-likeness (QED) is 0.867. The molecule has 2 unspecified atom stereocenters. The second-order valence-electron chi connectivity index (χ2n) is 5.57. The molecule has 1 saturated carbocycles. The Morgan fingerprint density at radius 1 is 1.35 bits per heavy atom. The highest BCUT2D eigenvalue weighted by Crippen LogP contribution is 2.26. The minimum absolute atomic E-state index is 0.0465. The van der Waals surface area contributed by atoms with E-state index in [1.807, 2.05) is 13.0 Å². The van der Waals surface area contributed by atoms with E-state index in [4.69, 9.17) is 0 Å². The minimum atomic E-state index is -0.0465. The largest absolute Gasteiger partial charge is 0.384 e. The number of carbonyl (C=O) groups excluding carboxylic acids is 1. The van der Waals surface area contributed by atoms with Crippen LogP contribution < -0.4 is 10.6 Å². The summed E-state index contributed by atoms with van der Waals surface area (Å²) >= 11 is 0. The van der Waals surface area contributed by atoms with Crippen molar-refractivity contribution in [3.05, 3.63) is 24.0 Å². The van der Waals surface area contributed by atoms with Crippen molar-refractivity contribution in [1.82, 2.24) is 10.3 Å². The molecule has 2 atom stereocenters. The number of aromatic nitrogens is 1. The molecule has 4 nitrogen and oxygen atoms in total. The van der Waals surface area contributed by atoms with E-state index in [2.05, 4.69) is 22.5 Å². The third-order valence-electron chi connectivity index (χ3n) is 4.07. The number of rotatable bonds is 5. The van der Waals surface area contributed by atoms with E-state index >= 15 is 0 Å². The predicted octanol–water partition coefficient (Wildman–Crippen LogP) is 3.21. The number of anilines is 1. The molecule has 1 fully saturated rings. The molecule has 0 bridgehead atoms. The fourth-order valence-corrected chi connectivity index (χ4v) is 2.89. The Kier molecular flexibility index (Phi) is 5.39. The molecule has 0 aromatic carbocycles. The third kappa shape index (κ3) is 3.95. The molecule has 1 aromatic heterocycles. The van der Waals surface area contributed by atoms with Crippen LogP contribution in [0.1, 0.15) is 56.4 Å². The van der Waals surface area contributed by atoms with Gasteiger partial charge < -0.3 is 10.6 Å². The second kappa shape index (κ2) is 7.27. The zero-order chi connectivity index (χ0) is 14.4. The number of amides is 1. The van der Waals surface area contributed by atoms with Crippen molar-refractivity contribution in [1.29, 1.82) is 0 Å². The summed E-state index contributed by atoms with van der Waals surface area (Å²) in [5, 5.41) is 6.30. The van der Waals surface area contributed by atoms with Crippen molar-refractivity contribution in [3.8, 4) is 0 Å². The van der Waals surface area contributed by atoms with Crippen LogP contribution in [-0.4, -0.2) is 23.5 Å². The maximum absolute atomic E-state index is 12.2. The number of carbonyl (C=O) groups is 1. The van der Waals surface area contributed by atoms with Gasteiger partial charge in [-0.3, -0.25) is 4.79 Å². The molecular formula is C16H25N3O. The molecule has 1 aliphatic carbocycles. The van der Waals surface area contributed by atoms with E-state index < -0.39 is 0 Å². The van der Waals surface area contributed by atoms with Crippen LogP contribution >= 0.6 is 0 Å². The van der Waals surface area contributed by atoms with Crippen LogP contribution in [0.4, 0.5) is 5.69 Å². The smallest absolute Gasteiger partial charge is 0.270 e. The van der Waals surface area contributed by atoms with Crippen molar-refractivity contribution in [2.45, 2.75) is 52.0 Å². The molecule has 110 valence electrons. The van der Waals surface area contributed by atoms with Crippen molar-refractivity contribution in [2.75, 3.05) is 11.9 Å². The average Bonchev–Trinajstić information content (AvgIpc) is 2.48. The molecule has 2 rings (SSSR count). The van der Waals surface area contributed by atoms with Crippen LogP contribution in [0, 0.1) is 5.92 Å². The van der Waals surface area contributed by atoms with Crippen LogP contribution in [0.2, 0.25) is 0 Å². The van der Waals surface area contributed by atoms with Gasteiger partial charge in [0.05, 0.1) is 11.9 Å². The molecule has 1 amide bonds. The predicted molar refractivity (Wildman–Crippen MR) is 81.9 cm³/mol. The Bertz CT molecular complexity index is 430. The Hall–Kier alpha value is -1.58. The number of hydrogen-bond donors (Lipinski definition) is 2. The van der Waals surface area contributed by atoms with E-state index in [0.717, 1.165) is 31.0 Å². The summed E-state index contributed by atoms with van der Waals surface area (Å²) in [6, 6.07) is 4.01. The highest BCUT2D eigenvalue weighted by molar-refractivity contribution is 5.92. The van der Waals surface area contributed by atoms with Crippen LogP contribution in [0.25, 0.3) is 0 Å². The van der Waals surface area contributed by atoms with Crippen LogP contribution in [0.5, 0.6) is 0 Å². The zero-order valence-electron chi connectivity index (χ0n) is 12.5. The fourth-order valence-electron chi connectivity index (χ4n) is 2.89. The number of hydrogen-bond acceptors (Lipinski definition) is 3. The zero-order valence-corrected chi connectivity index (χ0v) is 12.5. The lowest BCUT2D eigenvalue weighted by Gasteiger charge is -2.28. The van der Waals surface area contributed by atoms with Gasteiger partial charge in [-0.25, -0.2) is 4.98 Å². The maximum Gasteiger partial charge on any atom is 0.270 e. The third-order valence-corrected chi connectivity index (χ3v) is 4.07. The summed E-state index contributed by atoms with van der Waals surface area (Å²) in [5.41, 5.74) is 1.46. The first kappa shape index (κ1) is 14.8. The summed E-state index contributed by atoms with van der Waals surface area (Å²) in [5.74, 6) is 0.716. The molecule has 0 aliphatic heterocycles. The van der Waals surface area contributed by atoms with Gasteiger partial charge in [0, 0.05) is 12.6 Å². The standard InChI is InChI=1S/C16H25N3O/c1-3-12-6-5-7-13(10-12)19-16(20)15-9-8-14(11-18-15)17-4-2/h8-9,11-13,17H,3-7,10H2,1-2H3,(H,19,20). The Morgan fingerprint density at radius 3 is 2.85 bits per heavy atom. The topological polar surface area (TPSA) is 54.0 Å². The molecule has 0 spiro atoms. The fraction of sp³-hybridized carbons (Fsp3) is 0.625. The van der Waals surface area contributed by atoms with E-state index in [-0.39, 0.29) is 5.91 Å². The van der Waals surface area contributed by atoms with Crippen molar-refractivity contribution in [3.63, 3.8) is 0 Å². The maximum atomic E-state index is 12.2. The van der Waals surface area contributed by atoms with Gasteiger partial charge in [0.25, 0.3) is 5.91 Å². The van der Waals surface area contributed by atoms with Crippen molar-refractivity contribution < 1.29 is 4.79 Å². The number of pyridine rings is 1. The number of nitrogens with one attached hydrogen (secondary N) is 2. The first-order chi connectivity index (χ1) is 9.72. The lowest BCUT2D eigenvalue weighted by molar-refractivity contribution is 0.0914. The normalized spacial score (nSPS) is 22.3. The van der Waals surface area contributed by atoms with E-state index in [1.54, 1.807) is 12.3 Å². The monoisotopic (exact) mass is 275 g/mol. The van der Waals surface area contributed by atoms with Crippen LogP contribution in [0.15, 0.2) is 18.3 Å². The van der Waals surface area contributed by atoms with Gasteiger partial charge in [0.15, 0.2) is 0 Å². The van der Waals surface area contributed by atoms with Gasteiger partial charge in [-0.2, -0.15) is 0 Å². The Labute approximate surface area is 121 Å². The first-order valence-corrected chi connectivity index (χ1v) is 7.73. The Morgan fingerprint density at radius 2 is 2.20 bits per heavy atom. The van der Waals surface area contributed by atoms with E-state index in [1.165, 1.54) is 19.3 Å². The second-order valence-corrected chi connectivity index (χ2v) is 5.57. The lowest BCUT2D eigenvalue weighted by atomic mass is 9.84. The average molecular weight is 275 g/mol. The SMILES string of the molecule is CCNc1ccc(C(=O)NC2CCCC(CC)C2)nc1. The van der Waals surface area contributed by atoms with Gasteiger partial charge in [-0.15, -0.1) is 0 Å². The summed E-state index contributed by atoms with van der Waals surface area (Å²) in [6.45, 7) is 5.12. The summed E-state index contributed by atoms with van der Waals surface area (Å²) in [6.07, 6.45) is 7.65. The lowest BCUT2D eigenvalue weighted by Crippen LogP contribution is -2.38. The van der Waals surface area contributed by atoms with Gasteiger partial charge in [-0.05, 0) is 37.8 Å². The molecule has 1 aliphatic rings. The molecule has 0 saturated heterocycles. The highest BCUT2D eigenvalue weighted by atomic mass is 16.1. The molecule has 0 radical (unpaired) electrons. The molecule has 4 heteroatoms. The summed E-state index contributed by atoms with van der Waals surface area (Å²) in [4.78, 5) is 16.4. The van der Waals surface area contributed by atoms with Crippen LogP contribution in [-0.2, 0) is 0 Å². The van der Waals surface area contributed by atoms with Gasteiger partial charge >= 0.3 is 0 Å². The molecular weight excluding hydrogens is 250 g/mol. The summed E-state index contributed by atoms with van der Waals surface area (Å²) < 4.78 is 0. The molecule has 2 N–H and O–H groups in total. The summed E-state index contributed by atoms with van der Waals surface area (Å²) in [7, 11) is 0. The minimum Gasteiger partial charge on any atom is -0.384 e. The highest BCUT2D eigenvalue weighted by Gasteiger charge is 2.22. The van der Waals surface area contributed by atoms with Gasteiger partial charge in [0.2, 0.25) is 0 Å². The molecule has 20 heavy (non-hydrogen) atoms. The van der Waals surface area contributed by atoms with E-state index in [9.17, 15) is 4.79 Å². The van der Waals surface area contributed by atoms with Crippen molar-refractivity contribution >= 4 is 11.6 Å². The first-order valence-electron chi connectivity index (χ1n) is 7.73. The van der Waals surface area contributed by atoms with Gasteiger partial charge in [0.1, 0.15) is 5.69 Å². The van der Waals surface area contributed by atoms with Crippen molar-refractivity contribution in [2.24, 2.45) is 5.92 Å². The van der Waals surface area contributed by atoms with Crippen LogP contribution in [0.3, 0.4) is 0 Å².